The summed E-state index contributed by atoms with van der Waals surface area (Å²) in [7, 11) is 1.60. The number of benzene rings is 2. The van der Waals surface area contributed by atoms with Crippen LogP contribution in [-0.4, -0.2) is 25.8 Å². The second-order valence-electron chi connectivity index (χ2n) is 5.31. The van der Waals surface area contributed by atoms with E-state index in [9.17, 15) is 4.79 Å². The molecule has 0 spiro atoms. The number of ether oxygens (including phenoxy) is 2. The van der Waals surface area contributed by atoms with Crippen LogP contribution in [0.15, 0.2) is 47.6 Å². The molecule has 0 aliphatic heterocycles. The highest BCUT2D eigenvalue weighted by Crippen LogP contribution is 2.37. The number of nitrogens with zero attached hydrogens (tertiary/aromatic N) is 1. The van der Waals surface area contributed by atoms with Crippen molar-refractivity contribution in [3.8, 4) is 11.5 Å². The standard InChI is InChI=1S/C19H17ClN2O3S/c1-3-25-13-6-4-12(5-7-13)11-21-22-19(23)18-17(20)15-9-8-14(24-2)10-16(15)26-18/h4-11H,3H2,1-2H3,(H,22,23)/b21-11-. The minimum Gasteiger partial charge on any atom is -0.497 e. The van der Waals surface area contributed by atoms with Gasteiger partial charge in [0.1, 0.15) is 16.4 Å². The molecule has 0 fully saturated rings. The Morgan fingerprint density at radius 2 is 1.96 bits per heavy atom. The number of hydrazone groups is 1. The Morgan fingerprint density at radius 3 is 2.65 bits per heavy atom. The number of methoxy groups -OCH3 is 1. The number of halogens is 1. The number of hydrogen-bond donors (Lipinski definition) is 1. The molecular weight excluding hydrogens is 372 g/mol. The Kier molecular flexibility index (Phi) is 5.75. The highest BCUT2D eigenvalue weighted by atomic mass is 35.5. The van der Waals surface area contributed by atoms with Gasteiger partial charge in [0, 0.05) is 10.1 Å². The fourth-order valence-corrected chi connectivity index (χ4v) is 3.79. The minimum atomic E-state index is -0.350. The lowest BCUT2D eigenvalue weighted by molar-refractivity contribution is 0.0959. The summed E-state index contributed by atoms with van der Waals surface area (Å²) in [6.45, 7) is 2.55. The van der Waals surface area contributed by atoms with Gasteiger partial charge < -0.3 is 9.47 Å². The molecule has 2 aromatic carbocycles. The summed E-state index contributed by atoms with van der Waals surface area (Å²) in [6.07, 6.45) is 1.57. The Hall–Kier alpha value is -2.57. The van der Waals surface area contributed by atoms with Crippen LogP contribution in [0.3, 0.4) is 0 Å². The van der Waals surface area contributed by atoms with Gasteiger partial charge in [0.25, 0.3) is 5.91 Å². The summed E-state index contributed by atoms with van der Waals surface area (Å²) < 4.78 is 11.5. The number of rotatable bonds is 6. The van der Waals surface area contributed by atoms with E-state index in [0.29, 0.717) is 16.5 Å². The highest BCUT2D eigenvalue weighted by Gasteiger charge is 2.17. The highest BCUT2D eigenvalue weighted by molar-refractivity contribution is 7.21. The molecule has 134 valence electrons. The number of amides is 1. The summed E-state index contributed by atoms with van der Waals surface area (Å²) >= 11 is 7.63. The predicted molar refractivity (Wildman–Crippen MR) is 106 cm³/mol. The minimum absolute atomic E-state index is 0.350. The van der Waals surface area contributed by atoms with Crippen LogP contribution in [0.2, 0.25) is 5.02 Å². The van der Waals surface area contributed by atoms with Gasteiger partial charge in [-0.25, -0.2) is 5.43 Å². The van der Waals surface area contributed by atoms with E-state index in [0.717, 1.165) is 27.1 Å². The first-order valence-corrected chi connectivity index (χ1v) is 9.14. The molecule has 1 N–H and O–H groups in total. The molecule has 26 heavy (non-hydrogen) atoms. The molecule has 1 amide bonds. The topological polar surface area (TPSA) is 59.9 Å². The van der Waals surface area contributed by atoms with E-state index < -0.39 is 0 Å². The second kappa shape index (κ2) is 8.21. The molecule has 1 aromatic heterocycles. The zero-order valence-electron chi connectivity index (χ0n) is 14.3. The maximum Gasteiger partial charge on any atom is 0.283 e. The van der Waals surface area contributed by atoms with Crippen molar-refractivity contribution in [3.05, 3.63) is 57.9 Å². The van der Waals surface area contributed by atoms with Crippen molar-refractivity contribution in [1.82, 2.24) is 5.43 Å². The van der Waals surface area contributed by atoms with Gasteiger partial charge in [-0.15, -0.1) is 11.3 Å². The van der Waals surface area contributed by atoms with Crippen molar-refractivity contribution in [2.45, 2.75) is 6.92 Å². The van der Waals surface area contributed by atoms with Crippen LogP contribution in [0, 0.1) is 0 Å². The summed E-state index contributed by atoms with van der Waals surface area (Å²) in [5.41, 5.74) is 3.36. The molecule has 0 aliphatic rings. The molecule has 0 radical (unpaired) electrons. The Bertz CT molecular complexity index is 951. The van der Waals surface area contributed by atoms with Crippen molar-refractivity contribution in [3.63, 3.8) is 0 Å². The van der Waals surface area contributed by atoms with Gasteiger partial charge in [0.15, 0.2) is 0 Å². The molecule has 0 aliphatic carbocycles. The van der Waals surface area contributed by atoms with Crippen molar-refractivity contribution in [1.29, 1.82) is 0 Å². The van der Waals surface area contributed by atoms with Crippen LogP contribution >= 0.6 is 22.9 Å². The average molecular weight is 389 g/mol. The van der Waals surface area contributed by atoms with Gasteiger partial charge in [-0.3, -0.25) is 4.79 Å². The quantitative estimate of drug-likeness (QED) is 0.490. The second-order valence-corrected chi connectivity index (χ2v) is 6.74. The molecular formula is C19H17ClN2O3S. The van der Waals surface area contributed by atoms with Gasteiger partial charge in [0.2, 0.25) is 0 Å². The van der Waals surface area contributed by atoms with Crippen molar-refractivity contribution in [2.75, 3.05) is 13.7 Å². The summed E-state index contributed by atoms with van der Waals surface area (Å²) in [6, 6.07) is 12.9. The molecule has 0 atom stereocenters. The van der Waals surface area contributed by atoms with Crippen LogP contribution in [0.4, 0.5) is 0 Å². The van der Waals surface area contributed by atoms with E-state index in [1.54, 1.807) is 13.3 Å². The fourth-order valence-electron chi connectivity index (χ4n) is 2.35. The van der Waals surface area contributed by atoms with Crippen molar-refractivity contribution < 1.29 is 14.3 Å². The molecule has 3 aromatic rings. The molecule has 1 heterocycles. The Morgan fingerprint density at radius 1 is 1.23 bits per heavy atom. The van der Waals surface area contributed by atoms with E-state index in [2.05, 4.69) is 10.5 Å². The zero-order valence-corrected chi connectivity index (χ0v) is 15.9. The predicted octanol–water partition coefficient (Wildman–Crippen LogP) is 4.73. The fraction of sp³-hybridized carbons (Fsp3) is 0.158. The summed E-state index contributed by atoms with van der Waals surface area (Å²) in [4.78, 5) is 12.8. The van der Waals surface area contributed by atoms with Crippen molar-refractivity contribution >= 4 is 45.1 Å². The number of thiophene rings is 1. The average Bonchev–Trinajstić information content (AvgIpc) is 2.99. The van der Waals surface area contributed by atoms with Crippen LogP contribution in [0.25, 0.3) is 10.1 Å². The van der Waals surface area contributed by atoms with E-state index >= 15 is 0 Å². The maximum absolute atomic E-state index is 12.4. The van der Waals surface area contributed by atoms with Gasteiger partial charge in [0.05, 0.1) is 25.0 Å². The van der Waals surface area contributed by atoms with Crippen LogP contribution in [0.5, 0.6) is 11.5 Å². The first kappa shape index (κ1) is 18.2. The van der Waals surface area contributed by atoms with Crippen LogP contribution in [0.1, 0.15) is 22.2 Å². The van der Waals surface area contributed by atoms with Gasteiger partial charge in [-0.05, 0) is 55.0 Å². The molecule has 0 saturated carbocycles. The van der Waals surface area contributed by atoms with E-state index in [4.69, 9.17) is 21.1 Å². The number of carbonyl (C=O) groups excluding carboxylic acids is 1. The van der Waals surface area contributed by atoms with Crippen LogP contribution < -0.4 is 14.9 Å². The molecule has 0 bridgehead atoms. The molecule has 5 nitrogen and oxygen atoms in total. The van der Waals surface area contributed by atoms with Gasteiger partial charge in [-0.2, -0.15) is 5.10 Å². The Labute approximate surface area is 160 Å². The SMILES string of the molecule is CCOc1ccc(/C=N\NC(=O)c2sc3cc(OC)ccc3c2Cl)cc1. The van der Waals surface area contributed by atoms with Gasteiger partial charge >= 0.3 is 0 Å². The third kappa shape index (κ3) is 3.98. The molecule has 3 rings (SSSR count). The summed E-state index contributed by atoms with van der Waals surface area (Å²) in [5, 5.41) is 5.23. The number of carbonyl (C=O) groups is 1. The molecule has 0 saturated heterocycles. The Balaban J connectivity index is 1.71. The smallest absolute Gasteiger partial charge is 0.283 e. The van der Waals surface area contributed by atoms with E-state index in [-0.39, 0.29) is 5.91 Å². The number of fused-ring (bicyclic) bond motifs is 1. The number of hydrogen-bond acceptors (Lipinski definition) is 5. The van der Waals surface area contributed by atoms with E-state index in [1.165, 1.54) is 11.3 Å². The largest absolute Gasteiger partial charge is 0.497 e. The zero-order chi connectivity index (χ0) is 18.5. The third-order valence-corrected chi connectivity index (χ3v) is 5.27. The lowest BCUT2D eigenvalue weighted by Gasteiger charge is -2.02. The number of nitrogens with one attached hydrogen (secondary N) is 1. The lowest BCUT2D eigenvalue weighted by atomic mass is 10.2. The monoisotopic (exact) mass is 388 g/mol. The molecule has 0 unspecified atom stereocenters. The maximum atomic E-state index is 12.4. The lowest BCUT2D eigenvalue weighted by Crippen LogP contribution is -2.16. The normalized spacial score (nSPS) is 11.0. The first-order chi connectivity index (χ1) is 12.6. The van der Waals surface area contributed by atoms with Crippen molar-refractivity contribution in [2.24, 2.45) is 5.10 Å². The molecule has 7 heteroatoms. The first-order valence-electron chi connectivity index (χ1n) is 7.94. The summed E-state index contributed by atoms with van der Waals surface area (Å²) in [5.74, 6) is 1.16. The van der Waals surface area contributed by atoms with E-state index in [1.807, 2.05) is 49.4 Å². The third-order valence-electron chi connectivity index (χ3n) is 3.61. The van der Waals surface area contributed by atoms with Crippen LogP contribution in [-0.2, 0) is 0 Å². The van der Waals surface area contributed by atoms with Gasteiger partial charge in [-0.1, -0.05) is 11.6 Å².